The summed E-state index contributed by atoms with van der Waals surface area (Å²) in [7, 11) is 0. The van der Waals surface area contributed by atoms with Crippen LogP contribution in [0.3, 0.4) is 0 Å². The highest BCUT2D eigenvalue weighted by Crippen LogP contribution is 2.26. The lowest BCUT2D eigenvalue weighted by atomic mass is 9.88. The Bertz CT molecular complexity index is 642. The van der Waals surface area contributed by atoms with E-state index >= 15 is 0 Å². The van der Waals surface area contributed by atoms with Crippen molar-refractivity contribution in [2.75, 3.05) is 0 Å². The van der Waals surface area contributed by atoms with Crippen LogP contribution in [0.4, 0.5) is 0 Å². The second kappa shape index (κ2) is 5.43. The Labute approximate surface area is 119 Å². The van der Waals surface area contributed by atoms with E-state index in [4.69, 9.17) is 10.7 Å². The molecule has 1 aliphatic heterocycles. The predicted molar refractivity (Wildman–Crippen MR) is 84.5 cm³/mol. The number of hydrogen-bond acceptors (Lipinski definition) is 2. The minimum Gasteiger partial charge on any atom is -0.324 e. The Balaban J connectivity index is 2.05. The van der Waals surface area contributed by atoms with E-state index in [0.29, 0.717) is 0 Å². The first kappa shape index (κ1) is 12.8. The molecule has 2 aromatic carbocycles. The molecule has 1 heterocycles. The van der Waals surface area contributed by atoms with Crippen LogP contribution >= 0.6 is 0 Å². The minimum absolute atomic E-state index is 0.00193. The molecule has 2 atom stereocenters. The Morgan fingerprint density at radius 1 is 0.850 bits per heavy atom. The van der Waals surface area contributed by atoms with Crippen LogP contribution in [-0.4, -0.2) is 11.8 Å². The average Bonchev–Trinajstić information content (AvgIpc) is 2.51. The Kier molecular flexibility index (Phi) is 3.48. The highest BCUT2D eigenvalue weighted by atomic mass is 14.8. The van der Waals surface area contributed by atoms with Crippen LogP contribution in [0.2, 0.25) is 0 Å². The minimum atomic E-state index is -0.00193. The molecule has 0 saturated heterocycles. The van der Waals surface area contributed by atoms with Gasteiger partial charge in [-0.25, -0.2) is 0 Å². The molecule has 3 rings (SSSR count). The molecule has 0 amide bonds. The quantitative estimate of drug-likeness (QED) is 0.884. The van der Waals surface area contributed by atoms with Crippen molar-refractivity contribution in [3.8, 4) is 0 Å². The summed E-state index contributed by atoms with van der Waals surface area (Å²) in [6, 6.07) is 20.5. The monoisotopic (exact) mass is 262 g/mol. The molecule has 2 heteroatoms. The van der Waals surface area contributed by atoms with Gasteiger partial charge in [-0.1, -0.05) is 67.6 Å². The van der Waals surface area contributed by atoms with E-state index in [1.807, 2.05) is 36.4 Å². The third kappa shape index (κ3) is 2.43. The van der Waals surface area contributed by atoms with Gasteiger partial charge < -0.3 is 5.73 Å². The number of nitrogens with zero attached hydrogens (tertiary/aromatic N) is 1. The summed E-state index contributed by atoms with van der Waals surface area (Å²) < 4.78 is 0. The number of rotatable bonds is 2. The van der Waals surface area contributed by atoms with Crippen LogP contribution < -0.4 is 5.73 Å². The number of nitrogens with two attached hydrogens (primary N) is 1. The van der Waals surface area contributed by atoms with Gasteiger partial charge in [-0.3, -0.25) is 4.99 Å². The van der Waals surface area contributed by atoms with Gasteiger partial charge in [0.15, 0.2) is 0 Å². The normalized spacial score (nSPS) is 22.1. The van der Waals surface area contributed by atoms with Gasteiger partial charge in [0.05, 0.1) is 11.4 Å². The van der Waals surface area contributed by atoms with Gasteiger partial charge in [0.25, 0.3) is 0 Å². The van der Waals surface area contributed by atoms with Crippen LogP contribution in [0.15, 0.2) is 71.7 Å². The van der Waals surface area contributed by atoms with Crippen molar-refractivity contribution in [1.29, 1.82) is 0 Å². The molecule has 1 aliphatic rings. The Morgan fingerprint density at radius 3 is 2.00 bits per heavy atom. The summed E-state index contributed by atoms with van der Waals surface area (Å²) in [6.07, 6.45) is 2.06. The molecule has 0 bridgehead atoms. The zero-order valence-electron chi connectivity index (χ0n) is 11.5. The third-order valence-electron chi connectivity index (χ3n) is 3.74. The molecule has 0 aromatic heterocycles. The molecule has 2 unspecified atom stereocenters. The molecule has 2 nitrogen and oxygen atoms in total. The van der Waals surface area contributed by atoms with Gasteiger partial charge in [-0.15, -0.1) is 0 Å². The van der Waals surface area contributed by atoms with Gasteiger partial charge >= 0.3 is 0 Å². The van der Waals surface area contributed by atoms with Crippen molar-refractivity contribution in [2.24, 2.45) is 16.6 Å². The van der Waals surface area contributed by atoms with E-state index in [0.717, 1.165) is 22.5 Å². The largest absolute Gasteiger partial charge is 0.324 e. The lowest BCUT2D eigenvalue weighted by Gasteiger charge is -2.25. The van der Waals surface area contributed by atoms with Crippen molar-refractivity contribution in [3.05, 3.63) is 77.9 Å². The smallest absolute Gasteiger partial charge is 0.0681 e. The van der Waals surface area contributed by atoms with Crippen molar-refractivity contribution >= 4 is 11.4 Å². The van der Waals surface area contributed by atoms with E-state index in [1.165, 1.54) is 0 Å². The average molecular weight is 262 g/mol. The van der Waals surface area contributed by atoms with Crippen LogP contribution in [0.25, 0.3) is 5.70 Å². The molecule has 0 fully saturated rings. The Morgan fingerprint density at radius 2 is 1.40 bits per heavy atom. The molecular formula is C18H18N2. The van der Waals surface area contributed by atoms with E-state index in [-0.39, 0.29) is 12.0 Å². The number of aliphatic imine (C=N–C) groups is 1. The lowest BCUT2D eigenvalue weighted by Crippen LogP contribution is -2.35. The van der Waals surface area contributed by atoms with Gasteiger partial charge in [-0.05, 0) is 17.2 Å². The molecule has 2 N–H and O–H groups in total. The molecule has 20 heavy (non-hydrogen) atoms. The third-order valence-corrected chi connectivity index (χ3v) is 3.74. The van der Waals surface area contributed by atoms with E-state index < -0.39 is 0 Å². The van der Waals surface area contributed by atoms with Crippen molar-refractivity contribution in [3.63, 3.8) is 0 Å². The van der Waals surface area contributed by atoms with Crippen molar-refractivity contribution < 1.29 is 0 Å². The van der Waals surface area contributed by atoms with E-state index in [9.17, 15) is 0 Å². The first-order valence-corrected chi connectivity index (χ1v) is 6.92. The lowest BCUT2D eigenvalue weighted by molar-refractivity contribution is 0.659. The second-order valence-corrected chi connectivity index (χ2v) is 5.15. The van der Waals surface area contributed by atoms with Gasteiger partial charge in [0, 0.05) is 12.0 Å². The molecule has 100 valence electrons. The number of benzene rings is 2. The predicted octanol–water partition coefficient (Wildman–Crippen LogP) is 3.49. The topological polar surface area (TPSA) is 38.4 Å². The SMILES string of the molecule is CC1C(c2ccccc2)=NC(c2ccccc2)=CC1N. The standard InChI is InChI=1S/C18H18N2/c1-13-16(19)12-17(14-8-4-2-5-9-14)20-18(13)15-10-6-3-7-11-15/h2-13,16H,19H2,1H3. The van der Waals surface area contributed by atoms with Gasteiger partial charge in [-0.2, -0.15) is 0 Å². The van der Waals surface area contributed by atoms with Crippen molar-refractivity contribution in [2.45, 2.75) is 13.0 Å². The fourth-order valence-corrected chi connectivity index (χ4v) is 2.48. The summed E-state index contributed by atoms with van der Waals surface area (Å²) >= 11 is 0. The molecule has 2 aromatic rings. The summed E-state index contributed by atoms with van der Waals surface area (Å²) in [4.78, 5) is 4.85. The fraction of sp³-hybridized carbons (Fsp3) is 0.167. The maximum atomic E-state index is 6.28. The summed E-state index contributed by atoms with van der Waals surface area (Å²) in [6.45, 7) is 2.13. The molecule has 0 spiro atoms. The van der Waals surface area contributed by atoms with Crippen LogP contribution in [0.1, 0.15) is 18.1 Å². The van der Waals surface area contributed by atoms with E-state index in [2.05, 4.69) is 37.3 Å². The fourth-order valence-electron chi connectivity index (χ4n) is 2.48. The zero-order valence-corrected chi connectivity index (χ0v) is 11.5. The van der Waals surface area contributed by atoms with Crippen LogP contribution in [0.5, 0.6) is 0 Å². The summed E-state index contributed by atoms with van der Waals surface area (Å²) in [5, 5.41) is 0. The number of hydrogen-bond donors (Lipinski definition) is 1. The highest BCUT2D eigenvalue weighted by molar-refractivity contribution is 6.06. The van der Waals surface area contributed by atoms with E-state index in [1.54, 1.807) is 0 Å². The zero-order chi connectivity index (χ0) is 13.9. The van der Waals surface area contributed by atoms with Gasteiger partial charge in [0.2, 0.25) is 0 Å². The first-order valence-electron chi connectivity index (χ1n) is 6.92. The second-order valence-electron chi connectivity index (χ2n) is 5.15. The van der Waals surface area contributed by atoms with Crippen LogP contribution in [0, 0.1) is 5.92 Å². The van der Waals surface area contributed by atoms with Crippen LogP contribution in [-0.2, 0) is 0 Å². The first-order chi connectivity index (χ1) is 9.75. The molecular weight excluding hydrogens is 244 g/mol. The Hall–Kier alpha value is -2.19. The maximum absolute atomic E-state index is 6.28. The molecule has 0 aliphatic carbocycles. The summed E-state index contributed by atoms with van der Waals surface area (Å²) in [5.41, 5.74) is 10.6. The molecule has 0 radical (unpaired) electrons. The molecule has 0 saturated carbocycles. The summed E-state index contributed by atoms with van der Waals surface area (Å²) in [5.74, 6) is 0.227. The van der Waals surface area contributed by atoms with Gasteiger partial charge in [0.1, 0.15) is 0 Å². The highest BCUT2D eigenvalue weighted by Gasteiger charge is 2.23. The van der Waals surface area contributed by atoms with Crippen molar-refractivity contribution in [1.82, 2.24) is 0 Å². The maximum Gasteiger partial charge on any atom is 0.0681 e.